The zero-order chi connectivity index (χ0) is 14.6. The molecule has 1 saturated heterocycles. The highest BCUT2D eigenvalue weighted by molar-refractivity contribution is 14.0. The number of ether oxygens (including phenoxy) is 1. The summed E-state index contributed by atoms with van der Waals surface area (Å²) >= 11 is 0. The van der Waals surface area contributed by atoms with E-state index < -0.39 is 0 Å². The number of rotatable bonds is 8. The summed E-state index contributed by atoms with van der Waals surface area (Å²) in [6.45, 7) is 9.94. The van der Waals surface area contributed by atoms with Crippen LogP contribution in [0.4, 0.5) is 0 Å². The van der Waals surface area contributed by atoms with Crippen molar-refractivity contribution >= 4 is 29.9 Å². The molecule has 1 fully saturated rings. The van der Waals surface area contributed by atoms with Gasteiger partial charge in [-0.15, -0.1) is 24.0 Å². The van der Waals surface area contributed by atoms with Crippen molar-refractivity contribution in [3.05, 3.63) is 0 Å². The number of nitrogens with one attached hydrogen (secondary N) is 2. The molecule has 0 saturated carbocycles. The Morgan fingerprint density at radius 1 is 1.29 bits per heavy atom. The van der Waals surface area contributed by atoms with Crippen molar-refractivity contribution in [3.8, 4) is 0 Å². The van der Waals surface area contributed by atoms with E-state index in [-0.39, 0.29) is 24.0 Å². The summed E-state index contributed by atoms with van der Waals surface area (Å²) in [7, 11) is 1.72. The molecular formula is C15H33IN4O. The third kappa shape index (κ3) is 8.83. The van der Waals surface area contributed by atoms with E-state index in [9.17, 15) is 0 Å². The van der Waals surface area contributed by atoms with Crippen LogP contribution in [0.2, 0.25) is 0 Å². The highest BCUT2D eigenvalue weighted by Crippen LogP contribution is 2.18. The summed E-state index contributed by atoms with van der Waals surface area (Å²) in [6, 6.07) is 0.767. The normalized spacial score (nSPS) is 20.0. The highest BCUT2D eigenvalue weighted by atomic mass is 127. The summed E-state index contributed by atoms with van der Waals surface area (Å²) in [5.74, 6) is 0.898. The minimum atomic E-state index is 0. The zero-order valence-corrected chi connectivity index (χ0v) is 16.2. The van der Waals surface area contributed by atoms with Crippen LogP contribution in [0.1, 0.15) is 39.5 Å². The molecule has 1 rings (SSSR count). The Bertz CT molecular complexity index is 276. The first-order valence-corrected chi connectivity index (χ1v) is 8.07. The first-order valence-electron chi connectivity index (χ1n) is 8.07. The van der Waals surface area contributed by atoms with E-state index in [1.165, 1.54) is 32.2 Å². The van der Waals surface area contributed by atoms with E-state index in [0.29, 0.717) is 6.61 Å². The molecule has 21 heavy (non-hydrogen) atoms. The number of likely N-dealkylation sites (tertiary alicyclic amines) is 1. The number of guanidine groups is 1. The van der Waals surface area contributed by atoms with Gasteiger partial charge in [0.25, 0.3) is 0 Å². The van der Waals surface area contributed by atoms with Crippen molar-refractivity contribution in [2.45, 2.75) is 45.6 Å². The molecule has 1 heterocycles. The van der Waals surface area contributed by atoms with Gasteiger partial charge in [-0.2, -0.15) is 0 Å². The van der Waals surface area contributed by atoms with E-state index in [2.05, 4.69) is 34.4 Å². The van der Waals surface area contributed by atoms with E-state index in [1.807, 2.05) is 0 Å². The summed E-state index contributed by atoms with van der Waals surface area (Å²) in [5.41, 5.74) is 0. The molecule has 0 spiro atoms. The topological polar surface area (TPSA) is 48.9 Å². The number of hydrogen-bond donors (Lipinski definition) is 2. The Kier molecular flexibility index (Phi) is 13.5. The van der Waals surface area contributed by atoms with Crippen molar-refractivity contribution in [1.82, 2.24) is 15.5 Å². The number of hydrogen-bond acceptors (Lipinski definition) is 3. The van der Waals surface area contributed by atoms with Crippen molar-refractivity contribution in [2.24, 2.45) is 4.99 Å². The summed E-state index contributed by atoms with van der Waals surface area (Å²) in [4.78, 5) is 7.25. The molecule has 2 N–H and O–H groups in total. The van der Waals surface area contributed by atoms with Gasteiger partial charge >= 0.3 is 0 Å². The smallest absolute Gasteiger partial charge is 0.191 e. The predicted molar refractivity (Wildman–Crippen MR) is 101 cm³/mol. The maximum Gasteiger partial charge on any atom is 0.191 e. The lowest BCUT2D eigenvalue weighted by Gasteiger charge is -2.34. The Morgan fingerprint density at radius 2 is 2.10 bits per heavy atom. The number of nitrogens with zero attached hydrogens (tertiary/aromatic N) is 2. The number of piperidine rings is 1. The molecule has 0 aromatic heterocycles. The maximum absolute atomic E-state index is 5.05. The molecule has 6 heteroatoms. The van der Waals surface area contributed by atoms with E-state index in [4.69, 9.17) is 4.74 Å². The fourth-order valence-electron chi connectivity index (χ4n) is 2.72. The van der Waals surface area contributed by atoms with Gasteiger partial charge < -0.3 is 15.4 Å². The molecule has 1 aliphatic heterocycles. The lowest BCUT2D eigenvalue weighted by molar-refractivity contribution is 0.148. The van der Waals surface area contributed by atoms with Gasteiger partial charge in [0.15, 0.2) is 5.96 Å². The average molecular weight is 412 g/mol. The van der Waals surface area contributed by atoms with Gasteiger partial charge in [0.1, 0.15) is 0 Å². The number of halogens is 1. The van der Waals surface area contributed by atoms with Crippen LogP contribution in [-0.4, -0.2) is 63.3 Å². The second-order valence-corrected chi connectivity index (χ2v) is 5.27. The van der Waals surface area contributed by atoms with Crippen molar-refractivity contribution in [3.63, 3.8) is 0 Å². The van der Waals surface area contributed by atoms with E-state index >= 15 is 0 Å². The molecule has 1 unspecified atom stereocenters. The second kappa shape index (κ2) is 13.6. The monoisotopic (exact) mass is 412 g/mol. The number of methoxy groups -OCH3 is 1. The van der Waals surface area contributed by atoms with Crippen LogP contribution in [0.25, 0.3) is 0 Å². The van der Waals surface area contributed by atoms with Gasteiger partial charge in [-0.1, -0.05) is 13.3 Å². The van der Waals surface area contributed by atoms with Crippen LogP contribution in [0.5, 0.6) is 0 Å². The van der Waals surface area contributed by atoms with Crippen molar-refractivity contribution in [2.75, 3.05) is 46.4 Å². The molecular weight excluding hydrogens is 379 g/mol. The van der Waals surface area contributed by atoms with Gasteiger partial charge in [-0.3, -0.25) is 9.89 Å². The Labute approximate surface area is 147 Å². The van der Waals surface area contributed by atoms with E-state index in [1.54, 1.807) is 7.11 Å². The Balaban J connectivity index is 0.00000400. The van der Waals surface area contributed by atoms with Crippen LogP contribution in [0, 0.1) is 0 Å². The van der Waals surface area contributed by atoms with Crippen LogP contribution in [-0.2, 0) is 4.74 Å². The van der Waals surface area contributed by atoms with Gasteiger partial charge in [0, 0.05) is 32.8 Å². The molecule has 1 atom stereocenters. The van der Waals surface area contributed by atoms with Crippen LogP contribution in [0.3, 0.4) is 0 Å². The molecule has 5 nitrogen and oxygen atoms in total. The van der Waals surface area contributed by atoms with Crippen LogP contribution in [0.15, 0.2) is 4.99 Å². The molecule has 1 aliphatic rings. The number of aliphatic imine (C=N–C) groups is 1. The predicted octanol–water partition coefficient (Wildman–Crippen LogP) is 2.07. The molecule has 0 amide bonds. The first kappa shape index (κ1) is 20.9. The molecule has 0 bridgehead atoms. The van der Waals surface area contributed by atoms with E-state index in [0.717, 1.165) is 38.2 Å². The highest BCUT2D eigenvalue weighted by Gasteiger charge is 2.19. The van der Waals surface area contributed by atoms with Gasteiger partial charge in [-0.25, -0.2) is 0 Å². The Morgan fingerprint density at radius 3 is 2.76 bits per heavy atom. The summed E-state index contributed by atoms with van der Waals surface area (Å²) < 4.78 is 5.05. The SMILES string of the molecule is CCNC(=NCCN1CCCCC1CC)NCCOC.I. The fourth-order valence-corrected chi connectivity index (χ4v) is 2.72. The standard InChI is InChI=1S/C15H32N4O.HI/c1-4-14-8-6-7-11-19(14)12-9-17-15(16-5-2)18-10-13-20-3;/h14H,4-13H2,1-3H3,(H2,16,17,18);1H. The molecule has 0 aromatic rings. The molecule has 0 radical (unpaired) electrons. The van der Waals surface area contributed by atoms with Gasteiger partial charge in [0.2, 0.25) is 0 Å². The Hall–Kier alpha value is -0.0800. The average Bonchev–Trinajstić information content (AvgIpc) is 2.48. The second-order valence-electron chi connectivity index (χ2n) is 5.27. The largest absolute Gasteiger partial charge is 0.383 e. The summed E-state index contributed by atoms with van der Waals surface area (Å²) in [5, 5.41) is 6.55. The molecule has 126 valence electrons. The first-order chi connectivity index (χ1) is 9.81. The molecule has 0 aliphatic carbocycles. The minimum Gasteiger partial charge on any atom is -0.383 e. The van der Waals surface area contributed by atoms with Gasteiger partial charge in [-0.05, 0) is 32.7 Å². The third-order valence-electron chi connectivity index (χ3n) is 3.82. The van der Waals surface area contributed by atoms with Crippen molar-refractivity contribution < 1.29 is 4.74 Å². The quantitative estimate of drug-likeness (QED) is 0.277. The van der Waals surface area contributed by atoms with Crippen molar-refractivity contribution in [1.29, 1.82) is 0 Å². The lowest BCUT2D eigenvalue weighted by atomic mass is 10.0. The van der Waals surface area contributed by atoms with Crippen LogP contribution < -0.4 is 10.6 Å². The zero-order valence-electron chi connectivity index (χ0n) is 13.9. The minimum absolute atomic E-state index is 0. The molecule has 0 aromatic carbocycles. The van der Waals surface area contributed by atoms with Gasteiger partial charge in [0.05, 0.1) is 13.2 Å². The summed E-state index contributed by atoms with van der Waals surface area (Å²) in [6.07, 6.45) is 5.34. The lowest BCUT2D eigenvalue weighted by Crippen LogP contribution is -2.42. The van der Waals surface area contributed by atoms with Crippen LogP contribution >= 0.6 is 24.0 Å². The maximum atomic E-state index is 5.05. The fraction of sp³-hybridized carbons (Fsp3) is 0.933. The third-order valence-corrected chi connectivity index (χ3v) is 3.82.